The van der Waals surface area contributed by atoms with Gasteiger partial charge in [0, 0.05) is 11.8 Å². The highest BCUT2D eigenvalue weighted by Crippen LogP contribution is 2.19. The summed E-state index contributed by atoms with van der Waals surface area (Å²) in [5.41, 5.74) is 1.03. The molecule has 2 aromatic carbocycles. The molecular weight excluding hydrogens is 427 g/mol. The Kier molecular flexibility index (Phi) is 8.57. The van der Waals surface area contributed by atoms with Crippen LogP contribution in [0.1, 0.15) is 19.4 Å². The number of esters is 1. The van der Waals surface area contributed by atoms with E-state index >= 15 is 0 Å². The predicted molar refractivity (Wildman–Crippen MR) is 115 cm³/mol. The number of halogens is 2. The standard InChI is InChI=1S/C22H22ClFN2O5/c1-13(25-20(27)11-6-15-4-8-17(30-3)9-5-15)22(29)31-14(2)21(28)26-16-7-10-19(24)18(23)12-16/h4-14H,1-3H3,(H,25,27)(H,26,28)/b11-6-/t13-,14-/m0/s1. The smallest absolute Gasteiger partial charge is 0.329 e. The lowest BCUT2D eigenvalue weighted by Crippen LogP contribution is -2.41. The minimum atomic E-state index is -1.15. The molecule has 0 saturated carbocycles. The summed E-state index contributed by atoms with van der Waals surface area (Å²) in [7, 11) is 1.56. The van der Waals surface area contributed by atoms with Crippen molar-refractivity contribution < 1.29 is 28.2 Å². The number of hydrogen-bond donors (Lipinski definition) is 2. The van der Waals surface area contributed by atoms with Gasteiger partial charge < -0.3 is 20.1 Å². The molecule has 0 unspecified atom stereocenters. The molecule has 164 valence electrons. The number of hydrogen-bond acceptors (Lipinski definition) is 5. The van der Waals surface area contributed by atoms with E-state index in [2.05, 4.69) is 10.6 Å². The molecule has 0 fully saturated rings. The summed E-state index contributed by atoms with van der Waals surface area (Å²) in [5, 5.41) is 4.78. The zero-order valence-electron chi connectivity index (χ0n) is 17.1. The molecule has 2 aromatic rings. The van der Waals surface area contributed by atoms with Crippen molar-refractivity contribution in [2.24, 2.45) is 0 Å². The number of amides is 2. The van der Waals surface area contributed by atoms with Gasteiger partial charge >= 0.3 is 5.97 Å². The second-order valence-corrected chi connectivity index (χ2v) is 6.94. The second kappa shape index (κ2) is 11.1. The molecule has 0 heterocycles. The number of ether oxygens (including phenoxy) is 2. The Labute approximate surface area is 184 Å². The van der Waals surface area contributed by atoms with Crippen molar-refractivity contribution in [2.75, 3.05) is 12.4 Å². The molecule has 0 bridgehead atoms. The van der Waals surface area contributed by atoms with E-state index in [0.29, 0.717) is 5.75 Å². The normalized spacial score (nSPS) is 12.7. The monoisotopic (exact) mass is 448 g/mol. The lowest BCUT2D eigenvalue weighted by Gasteiger charge is -2.17. The highest BCUT2D eigenvalue weighted by atomic mass is 35.5. The lowest BCUT2D eigenvalue weighted by molar-refractivity contribution is -0.155. The molecule has 2 N–H and O–H groups in total. The molecule has 0 spiro atoms. The van der Waals surface area contributed by atoms with Crippen LogP contribution in [0.2, 0.25) is 5.02 Å². The second-order valence-electron chi connectivity index (χ2n) is 6.53. The molecule has 31 heavy (non-hydrogen) atoms. The first-order valence-electron chi connectivity index (χ1n) is 9.28. The summed E-state index contributed by atoms with van der Waals surface area (Å²) in [5.74, 6) is -1.85. The minimum absolute atomic E-state index is 0.151. The Morgan fingerprint density at radius 1 is 1.10 bits per heavy atom. The summed E-state index contributed by atoms with van der Waals surface area (Å²) < 4.78 is 23.3. The quantitative estimate of drug-likeness (QED) is 0.475. The van der Waals surface area contributed by atoms with E-state index in [9.17, 15) is 18.8 Å². The van der Waals surface area contributed by atoms with Gasteiger partial charge in [-0.2, -0.15) is 0 Å². The van der Waals surface area contributed by atoms with E-state index in [-0.39, 0.29) is 10.7 Å². The maximum absolute atomic E-state index is 13.2. The predicted octanol–water partition coefficient (Wildman–Crippen LogP) is 3.58. The van der Waals surface area contributed by atoms with Crippen molar-refractivity contribution in [2.45, 2.75) is 26.0 Å². The third-order valence-corrected chi connectivity index (χ3v) is 4.39. The zero-order valence-corrected chi connectivity index (χ0v) is 17.9. The first kappa shape index (κ1) is 23.9. The molecule has 9 heteroatoms. The van der Waals surface area contributed by atoms with Crippen molar-refractivity contribution in [3.8, 4) is 5.75 Å². The highest BCUT2D eigenvalue weighted by Gasteiger charge is 2.23. The lowest BCUT2D eigenvalue weighted by atomic mass is 10.2. The van der Waals surface area contributed by atoms with Gasteiger partial charge in [0.1, 0.15) is 17.6 Å². The zero-order chi connectivity index (χ0) is 23.0. The van der Waals surface area contributed by atoms with Crippen LogP contribution in [0.3, 0.4) is 0 Å². The largest absolute Gasteiger partial charge is 0.497 e. The van der Waals surface area contributed by atoms with Crippen LogP contribution < -0.4 is 15.4 Å². The Hall–Kier alpha value is -3.39. The molecule has 0 aliphatic rings. The van der Waals surface area contributed by atoms with Crippen LogP contribution in [0.25, 0.3) is 6.08 Å². The van der Waals surface area contributed by atoms with Crippen LogP contribution in [0.5, 0.6) is 5.75 Å². The molecule has 0 radical (unpaired) electrons. The molecule has 0 saturated heterocycles. The molecular formula is C22H22ClFN2O5. The van der Waals surface area contributed by atoms with Crippen LogP contribution in [0.15, 0.2) is 48.5 Å². The molecule has 2 rings (SSSR count). The van der Waals surface area contributed by atoms with Gasteiger partial charge in [-0.1, -0.05) is 23.7 Å². The number of nitrogens with one attached hydrogen (secondary N) is 2. The Balaban J connectivity index is 1.84. The maximum Gasteiger partial charge on any atom is 0.329 e. The van der Waals surface area contributed by atoms with Gasteiger partial charge in [0.15, 0.2) is 6.10 Å². The fourth-order valence-corrected chi connectivity index (χ4v) is 2.54. The van der Waals surface area contributed by atoms with Gasteiger partial charge in [0.05, 0.1) is 12.1 Å². The Morgan fingerprint density at radius 3 is 2.39 bits per heavy atom. The fourth-order valence-electron chi connectivity index (χ4n) is 2.35. The summed E-state index contributed by atoms with van der Waals surface area (Å²) in [6, 6.07) is 9.74. The van der Waals surface area contributed by atoms with Crippen LogP contribution in [-0.2, 0) is 19.1 Å². The van der Waals surface area contributed by atoms with Gasteiger partial charge in [0.2, 0.25) is 5.91 Å². The first-order chi connectivity index (χ1) is 14.7. The van der Waals surface area contributed by atoms with Crippen molar-refractivity contribution >= 4 is 41.1 Å². The number of rotatable bonds is 8. The summed E-state index contributed by atoms with van der Waals surface area (Å²) in [6.07, 6.45) is 1.71. The van der Waals surface area contributed by atoms with Crippen LogP contribution in [-0.4, -0.2) is 37.0 Å². The van der Waals surface area contributed by atoms with Gasteiger partial charge in [-0.15, -0.1) is 0 Å². The number of carbonyl (C=O) groups is 3. The molecule has 0 aliphatic carbocycles. The SMILES string of the molecule is COc1ccc(/C=C\C(=O)N[C@@H](C)C(=O)O[C@@H](C)C(=O)Nc2ccc(F)c(Cl)c2)cc1. The average Bonchev–Trinajstić information content (AvgIpc) is 2.75. The van der Waals surface area contributed by atoms with Crippen molar-refractivity contribution in [1.82, 2.24) is 5.32 Å². The summed E-state index contributed by atoms with van der Waals surface area (Å²) in [6.45, 7) is 2.81. The number of anilines is 1. The number of carbonyl (C=O) groups excluding carboxylic acids is 3. The van der Waals surface area contributed by atoms with E-state index < -0.39 is 35.7 Å². The topological polar surface area (TPSA) is 93.7 Å². The summed E-state index contributed by atoms with van der Waals surface area (Å²) >= 11 is 5.67. The number of benzene rings is 2. The van der Waals surface area contributed by atoms with Crippen molar-refractivity contribution in [3.05, 3.63) is 64.9 Å². The fraction of sp³-hybridized carbons (Fsp3) is 0.227. The Bertz CT molecular complexity index is 978. The maximum atomic E-state index is 13.2. The highest BCUT2D eigenvalue weighted by molar-refractivity contribution is 6.31. The summed E-state index contributed by atoms with van der Waals surface area (Å²) in [4.78, 5) is 36.3. The van der Waals surface area contributed by atoms with Gasteiger partial charge in [0.25, 0.3) is 5.91 Å². The van der Waals surface area contributed by atoms with Gasteiger partial charge in [-0.25, -0.2) is 9.18 Å². The van der Waals surface area contributed by atoms with E-state index in [1.165, 1.54) is 32.1 Å². The third-order valence-electron chi connectivity index (χ3n) is 4.10. The molecule has 0 aliphatic heterocycles. The molecule has 7 nitrogen and oxygen atoms in total. The number of methoxy groups -OCH3 is 1. The van der Waals surface area contributed by atoms with E-state index in [4.69, 9.17) is 21.1 Å². The minimum Gasteiger partial charge on any atom is -0.497 e. The average molecular weight is 449 g/mol. The van der Waals surface area contributed by atoms with Crippen LogP contribution in [0, 0.1) is 5.82 Å². The van der Waals surface area contributed by atoms with E-state index in [1.54, 1.807) is 37.5 Å². The Morgan fingerprint density at radius 2 is 1.77 bits per heavy atom. The van der Waals surface area contributed by atoms with Crippen LogP contribution >= 0.6 is 11.6 Å². The molecule has 0 aromatic heterocycles. The molecule has 2 amide bonds. The third kappa shape index (κ3) is 7.42. The van der Waals surface area contributed by atoms with E-state index in [1.807, 2.05) is 0 Å². The first-order valence-corrected chi connectivity index (χ1v) is 9.66. The van der Waals surface area contributed by atoms with Crippen LogP contribution in [0.4, 0.5) is 10.1 Å². The van der Waals surface area contributed by atoms with Crippen molar-refractivity contribution in [1.29, 1.82) is 0 Å². The van der Waals surface area contributed by atoms with Gasteiger partial charge in [-0.3, -0.25) is 9.59 Å². The molecule has 2 atom stereocenters. The van der Waals surface area contributed by atoms with E-state index in [0.717, 1.165) is 11.6 Å². The van der Waals surface area contributed by atoms with Gasteiger partial charge in [-0.05, 0) is 55.8 Å². The van der Waals surface area contributed by atoms with Crippen molar-refractivity contribution in [3.63, 3.8) is 0 Å².